The van der Waals surface area contributed by atoms with Gasteiger partial charge in [0.1, 0.15) is 5.82 Å². The van der Waals surface area contributed by atoms with Gasteiger partial charge in [-0.15, -0.1) is 0 Å². The van der Waals surface area contributed by atoms with Crippen LogP contribution in [0, 0.1) is 46.8 Å². The zero-order valence-electron chi connectivity index (χ0n) is 11.4. The van der Waals surface area contributed by atoms with E-state index in [9.17, 15) is 39.5 Å². The predicted molar refractivity (Wildman–Crippen MR) is 62.4 cm³/mol. The van der Waals surface area contributed by atoms with Crippen molar-refractivity contribution in [3.63, 3.8) is 0 Å². The molecule has 2 aromatic carbocycles. The van der Waals surface area contributed by atoms with Crippen LogP contribution in [0.5, 0.6) is 0 Å². The first-order valence-corrected chi connectivity index (χ1v) is 6.22. The second-order valence-corrected chi connectivity index (χ2v) is 4.93. The van der Waals surface area contributed by atoms with Crippen LogP contribution in [-0.2, 0) is 5.67 Å². The van der Waals surface area contributed by atoms with Gasteiger partial charge in [-0.05, 0) is 6.07 Å². The Morgan fingerprint density at radius 1 is 0.680 bits per heavy atom. The summed E-state index contributed by atoms with van der Waals surface area (Å²) in [6, 6.07) is 1.31. The summed E-state index contributed by atoms with van der Waals surface area (Å²) in [5.74, 6) is -22.3. The largest absolute Gasteiger partial charge is 0.225 e. The van der Waals surface area contributed by atoms with Crippen LogP contribution < -0.4 is 0 Å². The van der Waals surface area contributed by atoms with Gasteiger partial charge in [-0.3, -0.25) is 0 Å². The Bertz CT molecular complexity index is 962. The summed E-state index contributed by atoms with van der Waals surface area (Å²) in [5, 5.41) is 0. The molecule has 0 aliphatic heterocycles. The Labute approximate surface area is 132 Å². The zero-order valence-corrected chi connectivity index (χ0v) is 11.4. The van der Waals surface area contributed by atoms with Gasteiger partial charge in [0.2, 0.25) is 5.67 Å². The Balaban J connectivity index is 2.53. The van der Waals surface area contributed by atoms with E-state index in [4.69, 9.17) is 0 Å². The van der Waals surface area contributed by atoms with Gasteiger partial charge in [0, 0.05) is 6.07 Å². The van der Waals surface area contributed by atoms with Gasteiger partial charge in [0.25, 0.3) is 0 Å². The van der Waals surface area contributed by atoms with E-state index >= 15 is 4.39 Å². The molecule has 0 fully saturated rings. The molecule has 1 aliphatic rings. The average Bonchev–Trinajstić information content (AvgIpc) is 2.76. The van der Waals surface area contributed by atoms with Crippen LogP contribution in [0.15, 0.2) is 11.9 Å². The van der Waals surface area contributed by atoms with E-state index < -0.39 is 74.7 Å². The molecule has 25 heavy (non-hydrogen) atoms. The van der Waals surface area contributed by atoms with Crippen LogP contribution in [0.3, 0.4) is 0 Å². The maximum Gasteiger partial charge on any atom is 0.224 e. The number of fused-ring (bicyclic) bond motifs is 1. The van der Waals surface area contributed by atoms with E-state index in [1.807, 2.05) is 0 Å². The van der Waals surface area contributed by atoms with Crippen LogP contribution in [-0.4, -0.2) is 0 Å². The number of allylic oxidation sites excluding steroid dienone is 1. The minimum absolute atomic E-state index is 0.0214. The van der Waals surface area contributed by atoms with Crippen molar-refractivity contribution in [3.8, 4) is 0 Å². The van der Waals surface area contributed by atoms with Crippen molar-refractivity contribution in [2.75, 3.05) is 0 Å². The molecule has 0 N–H and O–H groups in total. The van der Waals surface area contributed by atoms with Gasteiger partial charge in [0.05, 0.1) is 16.7 Å². The summed E-state index contributed by atoms with van der Waals surface area (Å²) < 4.78 is 138. The summed E-state index contributed by atoms with van der Waals surface area (Å²) in [7, 11) is 0. The molecule has 1 atom stereocenters. The molecule has 0 aromatic heterocycles. The smallest absolute Gasteiger partial charge is 0.224 e. The van der Waals surface area contributed by atoms with E-state index in [0.29, 0.717) is 0 Å². The number of hydrogen-bond acceptors (Lipinski definition) is 0. The van der Waals surface area contributed by atoms with Crippen LogP contribution in [0.25, 0.3) is 5.83 Å². The van der Waals surface area contributed by atoms with Crippen LogP contribution in [0.2, 0.25) is 0 Å². The fourth-order valence-electron chi connectivity index (χ4n) is 2.56. The summed E-state index contributed by atoms with van der Waals surface area (Å²) >= 11 is 0. The number of hydrogen-bond donors (Lipinski definition) is 0. The molecule has 0 bridgehead atoms. The molecule has 0 saturated heterocycles. The van der Waals surface area contributed by atoms with Gasteiger partial charge in [-0.2, -0.15) is 0 Å². The van der Waals surface area contributed by atoms with Crippen LogP contribution in [0.4, 0.5) is 43.9 Å². The molecule has 2 aromatic rings. The van der Waals surface area contributed by atoms with E-state index in [0.717, 1.165) is 0 Å². The monoisotopic (exact) mass is 371 g/mol. The van der Waals surface area contributed by atoms with E-state index in [1.54, 1.807) is 0 Å². The Kier molecular flexibility index (Phi) is 3.63. The van der Waals surface area contributed by atoms with Crippen molar-refractivity contribution >= 4 is 5.83 Å². The highest BCUT2D eigenvalue weighted by Crippen LogP contribution is 2.56. The molecular formula is C15HF10. The van der Waals surface area contributed by atoms with E-state index in [1.165, 1.54) is 6.07 Å². The van der Waals surface area contributed by atoms with Crippen molar-refractivity contribution in [3.05, 3.63) is 75.4 Å². The predicted octanol–water partition coefficient (Wildman–Crippen LogP) is 5.29. The molecule has 0 amide bonds. The quantitative estimate of drug-likeness (QED) is 0.363. The molecule has 1 aliphatic carbocycles. The minimum atomic E-state index is -4.61. The van der Waals surface area contributed by atoms with Gasteiger partial charge in [-0.1, -0.05) is 0 Å². The van der Waals surface area contributed by atoms with Gasteiger partial charge in [0.15, 0.2) is 46.6 Å². The average molecular weight is 371 g/mol. The molecule has 0 saturated carbocycles. The van der Waals surface area contributed by atoms with E-state index in [-0.39, 0.29) is 6.07 Å². The zero-order chi connectivity index (χ0) is 18.8. The lowest BCUT2D eigenvalue weighted by molar-refractivity contribution is 0.207. The van der Waals surface area contributed by atoms with Crippen molar-refractivity contribution < 1.29 is 43.9 Å². The molecule has 0 nitrogen and oxygen atoms in total. The first kappa shape index (κ1) is 17.3. The summed E-state index contributed by atoms with van der Waals surface area (Å²) in [5.41, 5.74) is -11.0. The second-order valence-electron chi connectivity index (χ2n) is 4.93. The maximum absolute atomic E-state index is 15.1. The SMILES string of the molecule is FC1=C(F)C(F)(c2c(F)c[c]c(F)c2F)c2c(F)c(F)c(F)c(F)c21. The lowest BCUT2D eigenvalue weighted by Crippen LogP contribution is -2.27. The highest BCUT2D eigenvalue weighted by atomic mass is 19.2. The minimum Gasteiger partial charge on any atom is -0.225 e. The van der Waals surface area contributed by atoms with E-state index in [2.05, 4.69) is 0 Å². The first-order valence-electron chi connectivity index (χ1n) is 6.22. The lowest BCUT2D eigenvalue weighted by Gasteiger charge is -2.23. The third-order valence-corrected chi connectivity index (χ3v) is 3.65. The highest BCUT2D eigenvalue weighted by molar-refractivity contribution is 5.77. The van der Waals surface area contributed by atoms with Crippen LogP contribution in [0.1, 0.15) is 16.7 Å². The normalized spacial score (nSPS) is 19.6. The highest BCUT2D eigenvalue weighted by Gasteiger charge is 2.57. The molecular weight excluding hydrogens is 370 g/mol. The molecule has 3 rings (SSSR count). The standard InChI is InChI=1S/C15HF10/c16-3-1-2-4(17)8(18)6(3)15(25)7-5(10(20)14(15)24)9(19)12(22)13(23)11(7)21/h1H. The Hall–Kier alpha value is -2.52. The second kappa shape index (κ2) is 5.24. The molecule has 10 heteroatoms. The van der Waals surface area contributed by atoms with Gasteiger partial charge >= 0.3 is 0 Å². The summed E-state index contributed by atoms with van der Waals surface area (Å²) in [4.78, 5) is 0. The Morgan fingerprint density at radius 3 is 1.84 bits per heavy atom. The molecule has 1 unspecified atom stereocenters. The van der Waals surface area contributed by atoms with Crippen molar-refractivity contribution in [2.45, 2.75) is 5.67 Å². The first-order chi connectivity index (χ1) is 11.5. The number of halogens is 10. The van der Waals surface area contributed by atoms with Crippen molar-refractivity contribution in [1.82, 2.24) is 0 Å². The lowest BCUT2D eigenvalue weighted by atomic mass is 9.87. The topological polar surface area (TPSA) is 0 Å². The third-order valence-electron chi connectivity index (χ3n) is 3.65. The number of benzene rings is 2. The maximum atomic E-state index is 15.1. The molecule has 131 valence electrons. The summed E-state index contributed by atoms with van der Waals surface area (Å²) in [6.45, 7) is 0. The molecule has 0 spiro atoms. The molecule has 0 heterocycles. The molecule has 1 radical (unpaired) electrons. The van der Waals surface area contributed by atoms with Gasteiger partial charge < -0.3 is 0 Å². The third kappa shape index (κ3) is 1.96. The van der Waals surface area contributed by atoms with Gasteiger partial charge in [-0.25, -0.2) is 43.9 Å². The fraction of sp³-hybridized carbons (Fsp3) is 0.0667. The number of rotatable bonds is 1. The van der Waals surface area contributed by atoms with Crippen molar-refractivity contribution in [1.29, 1.82) is 0 Å². The Morgan fingerprint density at radius 2 is 1.24 bits per heavy atom. The fourth-order valence-corrected chi connectivity index (χ4v) is 2.56. The van der Waals surface area contributed by atoms with Crippen LogP contribution >= 0.6 is 0 Å². The summed E-state index contributed by atoms with van der Waals surface area (Å²) in [6.07, 6.45) is 0. The number of alkyl halides is 1. The van der Waals surface area contributed by atoms with Crippen molar-refractivity contribution in [2.24, 2.45) is 0 Å².